The third kappa shape index (κ3) is 4.61. The van der Waals surface area contributed by atoms with Crippen molar-refractivity contribution in [3.05, 3.63) is 76.8 Å². The zero-order chi connectivity index (χ0) is 25.8. The van der Waals surface area contributed by atoms with E-state index in [1.165, 1.54) is 32.3 Å². The first-order valence-corrected chi connectivity index (χ1v) is 11.6. The minimum Gasteiger partial charge on any atom is -0.507 e. The van der Waals surface area contributed by atoms with Crippen molar-refractivity contribution in [3.63, 3.8) is 0 Å². The maximum absolute atomic E-state index is 13.3. The molecule has 2 aromatic carbocycles. The van der Waals surface area contributed by atoms with Gasteiger partial charge in [0.1, 0.15) is 23.9 Å². The first kappa shape index (κ1) is 25.1. The molecule has 1 unspecified atom stereocenters. The molecule has 1 saturated heterocycles. The predicted molar refractivity (Wildman–Crippen MR) is 132 cm³/mol. The summed E-state index contributed by atoms with van der Waals surface area (Å²) in [5.41, 5.74) is 0.752. The van der Waals surface area contributed by atoms with Crippen LogP contribution in [0.1, 0.15) is 23.6 Å². The molecule has 4 rings (SSSR count). The summed E-state index contributed by atoms with van der Waals surface area (Å²) in [5.74, 6) is -0.600. The largest absolute Gasteiger partial charge is 0.507 e. The summed E-state index contributed by atoms with van der Waals surface area (Å²) >= 11 is 6.27. The molecular formula is C26H27ClN3O6+. The lowest BCUT2D eigenvalue weighted by molar-refractivity contribution is -0.695. The van der Waals surface area contributed by atoms with Crippen molar-refractivity contribution in [3.8, 4) is 17.2 Å². The minimum absolute atomic E-state index is 0.0536. The van der Waals surface area contributed by atoms with Crippen LogP contribution >= 0.6 is 11.6 Å². The van der Waals surface area contributed by atoms with Crippen molar-refractivity contribution in [2.45, 2.75) is 19.0 Å². The first-order chi connectivity index (χ1) is 17.4. The van der Waals surface area contributed by atoms with Gasteiger partial charge in [-0.15, -0.1) is 0 Å². The molecule has 188 valence electrons. The van der Waals surface area contributed by atoms with Crippen LogP contribution in [0.25, 0.3) is 5.76 Å². The van der Waals surface area contributed by atoms with Crippen LogP contribution in [0.4, 0.5) is 0 Å². The van der Waals surface area contributed by atoms with Gasteiger partial charge in [0.25, 0.3) is 11.7 Å². The van der Waals surface area contributed by atoms with E-state index in [0.717, 1.165) is 0 Å². The van der Waals surface area contributed by atoms with Gasteiger partial charge in [-0.2, -0.15) is 0 Å². The van der Waals surface area contributed by atoms with E-state index in [1.54, 1.807) is 36.5 Å². The number of halogens is 1. The number of methoxy groups -OCH3 is 3. The van der Waals surface area contributed by atoms with E-state index >= 15 is 0 Å². The Kier molecular flexibility index (Phi) is 7.49. The highest BCUT2D eigenvalue weighted by Gasteiger charge is 2.47. The zero-order valence-corrected chi connectivity index (χ0v) is 20.9. The van der Waals surface area contributed by atoms with Gasteiger partial charge >= 0.3 is 0 Å². The monoisotopic (exact) mass is 512 g/mol. The lowest BCUT2D eigenvalue weighted by Crippen LogP contribution is -2.36. The number of hydrogen-bond donors (Lipinski definition) is 2. The molecular weight excluding hydrogens is 486 g/mol. The number of nitrogens with zero attached hydrogens (tertiary/aromatic N) is 2. The molecule has 0 spiro atoms. The number of hydrogen-bond acceptors (Lipinski definition) is 6. The molecule has 1 atom stereocenters. The van der Waals surface area contributed by atoms with Crippen molar-refractivity contribution >= 4 is 29.1 Å². The van der Waals surface area contributed by atoms with E-state index < -0.39 is 17.7 Å². The van der Waals surface area contributed by atoms with E-state index in [-0.39, 0.29) is 28.5 Å². The topological polar surface area (TPSA) is 105 Å². The molecule has 10 heteroatoms. The number of aryl methyl sites for hydroxylation is 1. The van der Waals surface area contributed by atoms with Gasteiger partial charge in [0.15, 0.2) is 11.5 Å². The third-order valence-electron chi connectivity index (χ3n) is 6.11. The molecule has 0 radical (unpaired) electrons. The predicted octanol–water partition coefficient (Wildman–Crippen LogP) is 3.49. The fraction of sp³-hybridized carbons (Fsp3) is 0.269. The van der Waals surface area contributed by atoms with Crippen molar-refractivity contribution in [2.24, 2.45) is 0 Å². The summed E-state index contributed by atoms with van der Waals surface area (Å²) in [7, 11) is 4.47. The maximum Gasteiger partial charge on any atom is 0.295 e. The molecule has 1 fully saturated rings. The summed E-state index contributed by atoms with van der Waals surface area (Å²) in [6.07, 6.45) is 6.06. The number of Topliss-reactive ketones (excluding diaryl/α,β-unsaturated/α-hetero) is 1. The summed E-state index contributed by atoms with van der Waals surface area (Å²) in [4.78, 5) is 31.0. The average Bonchev–Trinajstić information content (AvgIpc) is 3.50. The Morgan fingerprint density at radius 3 is 2.53 bits per heavy atom. The van der Waals surface area contributed by atoms with Gasteiger partial charge in [0.05, 0.1) is 44.5 Å². The van der Waals surface area contributed by atoms with E-state index in [4.69, 9.17) is 25.8 Å². The molecule has 1 amide bonds. The molecule has 0 aliphatic carbocycles. The number of nitrogens with one attached hydrogen (secondary N) is 1. The summed E-state index contributed by atoms with van der Waals surface area (Å²) in [6, 6.07) is 8.98. The van der Waals surface area contributed by atoms with Crippen molar-refractivity contribution in [1.29, 1.82) is 0 Å². The number of ketones is 1. The number of ether oxygens (including phenoxy) is 3. The van der Waals surface area contributed by atoms with Crippen LogP contribution in [0, 0.1) is 0 Å². The SMILES string of the molecule is COc1ccc(C(O)=C2C(=O)C(=O)N(CCC[n+]3cc[nH]c3)C2c2cccc(OC)c2OC)cc1Cl. The van der Waals surface area contributed by atoms with Crippen LogP contribution in [0.2, 0.25) is 5.02 Å². The molecule has 0 bridgehead atoms. The number of benzene rings is 2. The van der Waals surface area contributed by atoms with Crippen molar-refractivity contribution in [1.82, 2.24) is 9.88 Å². The van der Waals surface area contributed by atoms with Gasteiger partial charge < -0.3 is 24.2 Å². The Labute approximate surface area is 213 Å². The Bertz CT molecular complexity index is 1310. The molecule has 0 saturated carbocycles. The number of para-hydroxylation sites is 1. The number of H-pyrrole nitrogens is 1. The molecule has 1 aliphatic heterocycles. The van der Waals surface area contributed by atoms with E-state index in [0.29, 0.717) is 35.8 Å². The maximum atomic E-state index is 13.3. The van der Waals surface area contributed by atoms with E-state index in [1.807, 2.05) is 17.1 Å². The van der Waals surface area contributed by atoms with Gasteiger partial charge in [0.2, 0.25) is 6.33 Å². The summed E-state index contributed by atoms with van der Waals surface area (Å²) in [6.45, 7) is 0.899. The smallest absolute Gasteiger partial charge is 0.295 e. The van der Waals surface area contributed by atoms with Gasteiger partial charge in [0, 0.05) is 24.1 Å². The zero-order valence-electron chi connectivity index (χ0n) is 20.2. The first-order valence-electron chi connectivity index (χ1n) is 11.3. The standard InChI is InChI=1S/C26H26ClN3O6/c1-34-19-9-8-16(14-18(19)27)23(31)21-22(17-6-4-7-20(35-2)25(17)36-3)30(26(33)24(21)32)12-5-11-29-13-10-28-15-29/h4,6-10,13-15,22H,5,11-12H2,1-3H3,(H,31,32)/p+1. The van der Waals surface area contributed by atoms with Crippen LogP contribution in [0.3, 0.4) is 0 Å². The van der Waals surface area contributed by atoms with Crippen LogP contribution in [-0.2, 0) is 16.1 Å². The molecule has 2 heterocycles. The Morgan fingerprint density at radius 1 is 1.11 bits per heavy atom. The second kappa shape index (κ2) is 10.7. The number of aliphatic hydroxyl groups is 1. The van der Waals surface area contributed by atoms with Crippen LogP contribution in [-0.4, -0.2) is 54.6 Å². The van der Waals surface area contributed by atoms with Gasteiger partial charge in [-0.1, -0.05) is 23.7 Å². The highest BCUT2D eigenvalue weighted by molar-refractivity contribution is 6.46. The van der Waals surface area contributed by atoms with Gasteiger partial charge in [-0.3, -0.25) is 14.6 Å². The quantitative estimate of drug-likeness (QED) is 0.197. The fourth-order valence-electron chi connectivity index (χ4n) is 4.41. The second-order valence-electron chi connectivity index (χ2n) is 8.13. The Morgan fingerprint density at radius 2 is 1.89 bits per heavy atom. The summed E-state index contributed by atoms with van der Waals surface area (Å²) < 4.78 is 18.2. The minimum atomic E-state index is -0.896. The number of carbonyl (C=O) groups is 2. The summed E-state index contributed by atoms with van der Waals surface area (Å²) in [5, 5.41) is 11.6. The van der Waals surface area contributed by atoms with E-state index in [2.05, 4.69) is 4.98 Å². The third-order valence-corrected chi connectivity index (χ3v) is 6.41. The van der Waals surface area contributed by atoms with E-state index in [9.17, 15) is 14.7 Å². The molecule has 1 aromatic heterocycles. The fourth-order valence-corrected chi connectivity index (χ4v) is 4.67. The molecule has 9 nitrogen and oxygen atoms in total. The molecule has 1 aliphatic rings. The number of imidazole rings is 1. The number of amides is 1. The lowest BCUT2D eigenvalue weighted by atomic mass is 9.94. The second-order valence-corrected chi connectivity index (χ2v) is 8.53. The van der Waals surface area contributed by atoms with Gasteiger partial charge in [-0.05, 0) is 24.3 Å². The number of aromatic nitrogens is 2. The lowest BCUT2D eigenvalue weighted by Gasteiger charge is -2.27. The highest BCUT2D eigenvalue weighted by Crippen LogP contribution is 2.45. The van der Waals surface area contributed by atoms with Crippen molar-refractivity contribution < 1.29 is 33.5 Å². The normalized spacial score (nSPS) is 16.9. The average molecular weight is 513 g/mol. The van der Waals surface area contributed by atoms with Crippen LogP contribution < -0.4 is 18.8 Å². The van der Waals surface area contributed by atoms with Crippen molar-refractivity contribution in [2.75, 3.05) is 27.9 Å². The number of aromatic amines is 1. The highest BCUT2D eigenvalue weighted by atomic mass is 35.5. The Hall–Kier alpha value is -3.98. The van der Waals surface area contributed by atoms with Crippen LogP contribution in [0.5, 0.6) is 17.2 Å². The number of carbonyl (C=O) groups excluding carboxylic acids is 2. The van der Waals surface area contributed by atoms with Crippen LogP contribution in [0.15, 0.2) is 60.7 Å². The number of likely N-dealkylation sites (tertiary alicyclic amines) is 1. The molecule has 3 aromatic rings. The van der Waals surface area contributed by atoms with Gasteiger partial charge in [-0.25, -0.2) is 4.57 Å². The number of rotatable bonds is 9. The number of aliphatic hydroxyl groups excluding tert-OH is 1. The Balaban J connectivity index is 1.83. The molecule has 2 N–H and O–H groups in total. The molecule has 36 heavy (non-hydrogen) atoms.